The quantitative estimate of drug-likeness (QED) is 0.248. The zero-order valence-electron chi connectivity index (χ0n) is 16.4. The van der Waals surface area contributed by atoms with Crippen LogP contribution >= 0.6 is 58.0 Å². The summed E-state index contributed by atoms with van der Waals surface area (Å²) in [7, 11) is 0. The van der Waals surface area contributed by atoms with Crippen molar-refractivity contribution in [1.29, 1.82) is 0 Å². The largest absolute Gasteiger partial charge is 0.483 e. The second-order valence-corrected chi connectivity index (χ2v) is 8.45. The van der Waals surface area contributed by atoms with Crippen LogP contribution in [0.15, 0.2) is 52.0 Å². The minimum Gasteiger partial charge on any atom is -0.483 e. The minimum absolute atomic E-state index is 0.0774. The second kappa shape index (κ2) is 11.2. The smallest absolute Gasteiger partial charge is 0.280 e. The Kier molecular flexibility index (Phi) is 8.57. The van der Waals surface area contributed by atoms with Crippen LogP contribution in [0.4, 0.5) is 0 Å². The van der Waals surface area contributed by atoms with Crippen molar-refractivity contribution in [1.82, 2.24) is 5.43 Å². The fraction of sp³-hybridized carbons (Fsp3) is 0.143. The van der Waals surface area contributed by atoms with Gasteiger partial charge in [-0.3, -0.25) is 4.79 Å². The van der Waals surface area contributed by atoms with Crippen LogP contribution in [0.3, 0.4) is 0 Å². The van der Waals surface area contributed by atoms with Crippen molar-refractivity contribution in [2.24, 2.45) is 5.10 Å². The van der Waals surface area contributed by atoms with E-state index in [0.29, 0.717) is 38.1 Å². The molecular formula is C21H15Cl5N2O4. The maximum atomic E-state index is 12.2. The number of nitrogens with zero attached hydrogens (tertiary/aromatic N) is 1. The van der Waals surface area contributed by atoms with Crippen LogP contribution in [0.5, 0.6) is 11.5 Å². The topological polar surface area (TPSA) is 73.1 Å². The molecule has 32 heavy (non-hydrogen) atoms. The first-order chi connectivity index (χ1) is 15.2. The molecule has 0 saturated carbocycles. The molecule has 0 spiro atoms. The Balaban J connectivity index is 1.51. The van der Waals surface area contributed by atoms with Crippen molar-refractivity contribution in [3.8, 4) is 11.5 Å². The molecule has 0 aliphatic heterocycles. The van der Waals surface area contributed by atoms with E-state index in [1.807, 2.05) is 0 Å². The van der Waals surface area contributed by atoms with Crippen molar-refractivity contribution in [3.05, 3.63) is 79.1 Å². The van der Waals surface area contributed by atoms with Crippen molar-refractivity contribution in [2.45, 2.75) is 19.6 Å². The van der Waals surface area contributed by atoms with Crippen LogP contribution in [0.2, 0.25) is 25.1 Å². The molecule has 1 amide bonds. The Morgan fingerprint density at radius 2 is 1.72 bits per heavy atom. The molecule has 3 aromatic rings. The van der Waals surface area contributed by atoms with Gasteiger partial charge < -0.3 is 13.9 Å². The summed E-state index contributed by atoms with van der Waals surface area (Å²) in [6.45, 7) is 1.64. The van der Waals surface area contributed by atoms with E-state index in [2.05, 4.69) is 10.5 Å². The fourth-order valence-corrected chi connectivity index (χ4v) is 3.80. The highest BCUT2D eigenvalue weighted by atomic mass is 35.5. The molecule has 1 atom stereocenters. The molecule has 11 heteroatoms. The average molecular weight is 537 g/mol. The highest BCUT2D eigenvalue weighted by Crippen LogP contribution is 2.36. The van der Waals surface area contributed by atoms with E-state index in [1.54, 1.807) is 31.2 Å². The van der Waals surface area contributed by atoms with Gasteiger partial charge in [0.2, 0.25) is 0 Å². The van der Waals surface area contributed by atoms with Gasteiger partial charge in [0.1, 0.15) is 23.9 Å². The summed E-state index contributed by atoms with van der Waals surface area (Å²) in [6, 6.07) is 11.1. The molecule has 0 aliphatic rings. The lowest BCUT2D eigenvalue weighted by Crippen LogP contribution is -2.33. The van der Waals surface area contributed by atoms with Crippen LogP contribution < -0.4 is 14.9 Å². The predicted molar refractivity (Wildman–Crippen MR) is 127 cm³/mol. The summed E-state index contributed by atoms with van der Waals surface area (Å²) < 4.78 is 16.7. The maximum Gasteiger partial charge on any atom is 0.280 e. The summed E-state index contributed by atoms with van der Waals surface area (Å²) in [5.41, 5.74) is 2.37. The number of hydrogen-bond acceptors (Lipinski definition) is 5. The van der Waals surface area contributed by atoms with Gasteiger partial charge in [0.15, 0.2) is 11.9 Å². The third-order valence-corrected chi connectivity index (χ3v) is 5.25. The molecule has 168 valence electrons. The number of nitrogens with one attached hydrogen (secondary N) is 1. The van der Waals surface area contributed by atoms with E-state index in [4.69, 9.17) is 71.9 Å². The third kappa shape index (κ3) is 6.70. The van der Waals surface area contributed by atoms with Crippen molar-refractivity contribution in [3.63, 3.8) is 0 Å². The summed E-state index contributed by atoms with van der Waals surface area (Å²) in [6.07, 6.45) is 0.492. The normalized spacial score (nSPS) is 12.1. The summed E-state index contributed by atoms with van der Waals surface area (Å²) >= 11 is 29.9. The first kappa shape index (κ1) is 24.6. The van der Waals surface area contributed by atoms with Gasteiger partial charge in [-0.25, -0.2) is 5.43 Å². The molecule has 0 unspecified atom stereocenters. The number of hydrogen-bond donors (Lipinski definition) is 1. The first-order valence-electron chi connectivity index (χ1n) is 9.03. The third-order valence-electron chi connectivity index (χ3n) is 3.94. The van der Waals surface area contributed by atoms with Crippen molar-refractivity contribution < 1.29 is 18.7 Å². The number of rotatable bonds is 8. The Morgan fingerprint density at radius 1 is 1.03 bits per heavy atom. The second-order valence-electron chi connectivity index (χ2n) is 6.36. The number of carbonyl (C=O) groups is 1. The van der Waals surface area contributed by atoms with Crippen LogP contribution in [0.25, 0.3) is 0 Å². The fourth-order valence-electron chi connectivity index (χ4n) is 2.42. The molecule has 1 aromatic heterocycles. The number of amides is 1. The molecule has 6 nitrogen and oxygen atoms in total. The van der Waals surface area contributed by atoms with Gasteiger partial charge in [-0.2, -0.15) is 5.10 Å². The van der Waals surface area contributed by atoms with Crippen LogP contribution in [0, 0.1) is 0 Å². The molecule has 1 heterocycles. The van der Waals surface area contributed by atoms with Gasteiger partial charge in [0.05, 0.1) is 21.3 Å². The number of halogens is 5. The van der Waals surface area contributed by atoms with E-state index in [-0.39, 0.29) is 16.7 Å². The summed E-state index contributed by atoms with van der Waals surface area (Å²) in [5, 5.41) is 5.60. The van der Waals surface area contributed by atoms with E-state index in [9.17, 15) is 4.79 Å². The lowest BCUT2D eigenvalue weighted by Gasteiger charge is -2.14. The Bertz CT molecular complexity index is 1130. The van der Waals surface area contributed by atoms with Crippen molar-refractivity contribution >= 4 is 70.1 Å². The average Bonchev–Trinajstić information content (AvgIpc) is 3.16. The van der Waals surface area contributed by atoms with E-state index in [1.165, 1.54) is 24.4 Å². The Labute approximate surface area is 208 Å². The van der Waals surface area contributed by atoms with Crippen LogP contribution in [0.1, 0.15) is 18.4 Å². The molecule has 0 radical (unpaired) electrons. The van der Waals surface area contributed by atoms with Gasteiger partial charge in [-0.15, -0.1) is 0 Å². The monoisotopic (exact) mass is 534 g/mol. The number of benzene rings is 2. The molecule has 2 aromatic carbocycles. The molecule has 1 N–H and O–H groups in total. The van der Waals surface area contributed by atoms with Gasteiger partial charge in [-0.05, 0) is 49.4 Å². The number of ether oxygens (including phenoxy) is 2. The van der Waals surface area contributed by atoms with Gasteiger partial charge in [-0.1, -0.05) is 58.0 Å². The van der Waals surface area contributed by atoms with Crippen LogP contribution in [-0.4, -0.2) is 18.2 Å². The SMILES string of the molecule is C[C@@H](Oc1ccc(Cl)cc1Cl)C(=O)N/N=C\c1ccc(COc2c(Cl)cc(Cl)cc2Cl)o1. The molecule has 0 fully saturated rings. The van der Waals surface area contributed by atoms with E-state index in [0.717, 1.165) is 0 Å². The number of furan rings is 1. The maximum absolute atomic E-state index is 12.2. The number of carbonyl (C=O) groups excluding carboxylic acids is 1. The first-order valence-corrected chi connectivity index (χ1v) is 10.9. The van der Waals surface area contributed by atoms with Gasteiger partial charge in [0.25, 0.3) is 5.91 Å². The Morgan fingerprint density at radius 3 is 2.41 bits per heavy atom. The van der Waals surface area contributed by atoms with Gasteiger partial charge in [0, 0.05) is 10.0 Å². The number of hydrazone groups is 1. The standard InChI is InChI=1S/C21H15Cl5N2O4/c1-11(31-19-5-2-12(22)6-16(19)24)21(29)28-27-9-14-3-4-15(32-14)10-30-20-17(25)7-13(23)8-18(20)26/h2-9,11H,10H2,1H3,(H,28,29)/b27-9-/t11-/m1/s1. The zero-order valence-corrected chi connectivity index (χ0v) is 20.2. The van der Waals surface area contributed by atoms with E-state index >= 15 is 0 Å². The highest BCUT2D eigenvalue weighted by molar-refractivity contribution is 6.40. The molecule has 0 aliphatic carbocycles. The zero-order chi connectivity index (χ0) is 23.3. The predicted octanol–water partition coefficient (Wildman–Crippen LogP) is 7.04. The van der Waals surface area contributed by atoms with E-state index < -0.39 is 12.0 Å². The molecule has 0 bridgehead atoms. The molecular weight excluding hydrogens is 522 g/mol. The Hall–Kier alpha value is -2.09. The molecule has 0 saturated heterocycles. The van der Waals surface area contributed by atoms with Gasteiger partial charge >= 0.3 is 0 Å². The van der Waals surface area contributed by atoms with Crippen molar-refractivity contribution in [2.75, 3.05) is 0 Å². The highest BCUT2D eigenvalue weighted by Gasteiger charge is 2.16. The molecule has 3 rings (SSSR count). The minimum atomic E-state index is -0.847. The lowest BCUT2D eigenvalue weighted by atomic mass is 10.3. The van der Waals surface area contributed by atoms with Crippen LogP contribution in [-0.2, 0) is 11.4 Å². The summed E-state index contributed by atoms with van der Waals surface area (Å²) in [4.78, 5) is 12.2. The summed E-state index contributed by atoms with van der Waals surface area (Å²) in [5.74, 6) is 1.04. The lowest BCUT2D eigenvalue weighted by molar-refractivity contribution is -0.127.